The Balaban J connectivity index is 2.18. The zero-order valence-corrected chi connectivity index (χ0v) is 10.2. The van der Waals surface area contributed by atoms with Crippen LogP contribution < -0.4 is 4.90 Å². The summed E-state index contributed by atoms with van der Waals surface area (Å²) in [6.07, 6.45) is 0.709. The average Bonchev–Trinajstić information content (AvgIpc) is 2.39. The lowest BCUT2D eigenvalue weighted by atomic mass is 9.93. The van der Waals surface area contributed by atoms with E-state index < -0.39 is 16.4 Å². The van der Waals surface area contributed by atoms with Gasteiger partial charge in [-0.2, -0.15) is 4.39 Å². The predicted molar refractivity (Wildman–Crippen MR) is 69.3 cm³/mol. The number of nitro groups is 1. The van der Waals surface area contributed by atoms with E-state index in [-0.39, 0.29) is 5.69 Å². The molecule has 1 aromatic rings. The average molecular weight is 264 g/mol. The Morgan fingerprint density at radius 2 is 2.00 bits per heavy atom. The van der Waals surface area contributed by atoms with Gasteiger partial charge in [0.15, 0.2) is 0 Å². The van der Waals surface area contributed by atoms with E-state index in [1.54, 1.807) is 11.0 Å². The second-order valence-corrected chi connectivity index (χ2v) is 4.17. The van der Waals surface area contributed by atoms with Crippen molar-refractivity contribution < 1.29 is 14.1 Å². The maximum Gasteiger partial charge on any atom is 0.327 e. The van der Waals surface area contributed by atoms with E-state index >= 15 is 0 Å². The van der Waals surface area contributed by atoms with Crippen LogP contribution in [-0.4, -0.2) is 49.5 Å². The molecular weight excluding hydrogens is 252 g/mol. The van der Waals surface area contributed by atoms with Crippen molar-refractivity contribution in [2.24, 2.45) is 0 Å². The largest absolute Gasteiger partial charge is 0.363 e. The summed E-state index contributed by atoms with van der Waals surface area (Å²) >= 11 is 0. The molecule has 1 aliphatic heterocycles. The highest BCUT2D eigenvalue weighted by Crippen LogP contribution is 2.31. The summed E-state index contributed by atoms with van der Waals surface area (Å²) in [5.41, 5.74) is -0.203. The smallest absolute Gasteiger partial charge is 0.327 e. The van der Waals surface area contributed by atoms with Crippen LogP contribution in [0, 0.1) is 15.9 Å². The summed E-state index contributed by atoms with van der Waals surface area (Å²) in [4.78, 5) is 24.2. The minimum absolute atomic E-state index is 0.288. The highest BCUT2D eigenvalue weighted by Gasteiger charge is 2.26. The van der Waals surface area contributed by atoms with Gasteiger partial charge in [0.25, 0.3) is 7.41 Å². The number of nitro benzene ring substituents is 1. The number of para-hydroxylation sites is 1. The van der Waals surface area contributed by atoms with Crippen LogP contribution in [0.2, 0.25) is 0 Å². The molecule has 0 unspecified atom stereocenters. The molecule has 6 nitrogen and oxygen atoms in total. The van der Waals surface area contributed by atoms with Gasteiger partial charge < -0.3 is 14.5 Å². The van der Waals surface area contributed by atoms with Crippen LogP contribution in [0.25, 0.3) is 0 Å². The molecule has 1 aliphatic rings. The van der Waals surface area contributed by atoms with Crippen LogP contribution in [0.15, 0.2) is 18.2 Å². The fourth-order valence-electron chi connectivity index (χ4n) is 2.14. The molecule has 8 heteroatoms. The monoisotopic (exact) mass is 264 g/mol. The van der Waals surface area contributed by atoms with Crippen LogP contribution in [0.4, 0.5) is 15.8 Å². The summed E-state index contributed by atoms with van der Waals surface area (Å²) in [5, 5.41) is 10.9. The van der Waals surface area contributed by atoms with Gasteiger partial charge in [-0.25, -0.2) is 0 Å². The molecule has 1 radical (unpaired) electrons. The molecule has 19 heavy (non-hydrogen) atoms. The second-order valence-electron chi connectivity index (χ2n) is 4.17. The number of anilines is 1. The first-order chi connectivity index (χ1) is 9.13. The number of carbonyl (C=O) groups excluding carboxylic acids is 1. The molecule has 1 heterocycles. The number of benzene rings is 1. The molecule has 2 rings (SSSR count). The molecule has 0 N–H and O–H groups in total. The molecule has 0 aromatic heterocycles. The van der Waals surface area contributed by atoms with E-state index in [2.05, 4.69) is 0 Å². The first-order valence-electron chi connectivity index (χ1n) is 5.84. The lowest BCUT2D eigenvalue weighted by molar-refractivity contribution is -0.386. The van der Waals surface area contributed by atoms with Crippen molar-refractivity contribution in [1.29, 1.82) is 0 Å². The van der Waals surface area contributed by atoms with Gasteiger partial charge in [0, 0.05) is 26.2 Å². The third kappa shape index (κ3) is 2.90. The molecule has 0 atom stereocenters. The highest BCUT2D eigenvalue weighted by molar-refractivity contribution is 6.64. The Morgan fingerprint density at radius 1 is 1.32 bits per heavy atom. The second kappa shape index (κ2) is 5.79. The van der Waals surface area contributed by atoms with Crippen LogP contribution in [0.3, 0.4) is 0 Å². The van der Waals surface area contributed by atoms with Crippen molar-refractivity contribution in [3.63, 3.8) is 0 Å². The zero-order valence-electron chi connectivity index (χ0n) is 10.2. The Kier molecular flexibility index (Phi) is 4.11. The molecule has 0 spiro atoms. The first-order valence-corrected chi connectivity index (χ1v) is 5.84. The van der Waals surface area contributed by atoms with E-state index in [0.717, 1.165) is 6.07 Å². The maximum absolute atomic E-state index is 13.5. The molecule has 1 fully saturated rings. The van der Waals surface area contributed by atoms with Crippen molar-refractivity contribution in [1.82, 2.24) is 4.81 Å². The summed E-state index contributed by atoms with van der Waals surface area (Å²) in [5.74, 6) is -0.829. The SMILES string of the molecule is O=C[B]N1CCN(c2cccc(F)c2[N+](=O)[O-])CC1. The van der Waals surface area contributed by atoms with E-state index in [1.165, 1.54) is 13.5 Å². The number of nitrogens with zero attached hydrogens (tertiary/aromatic N) is 3. The minimum Gasteiger partial charge on any atom is -0.363 e. The standard InChI is InChI=1S/C11H12BFN3O3/c13-9-2-1-3-10(11(9)16(18)19)14-4-6-15(7-5-14)12-8-17/h1-3,8H,4-7H2. The topological polar surface area (TPSA) is 66.7 Å². The quantitative estimate of drug-likeness (QED) is 0.346. The molecule has 0 aliphatic carbocycles. The summed E-state index contributed by atoms with van der Waals surface area (Å²) < 4.78 is 13.5. The third-order valence-electron chi connectivity index (χ3n) is 3.07. The van der Waals surface area contributed by atoms with Crippen molar-refractivity contribution in [3.05, 3.63) is 34.1 Å². The van der Waals surface area contributed by atoms with Gasteiger partial charge in [-0.1, -0.05) is 6.07 Å². The normalized spacial score (nSPS) is 16.2. The molecule has 0 saturated carbocycles. The fourth-order valence-corrected chi connectivity index (χ4v) is 2.14. The minimum atomic E-state index is -0.829. The van der Waals surface area contributed by atoms with Gasteiger partial charge in [-0.15, -0.1) is 0 Å². The van der Waals surface area contributed by atoms with Crippen LogP contribution in [0.1, 0.15) is 0 Å². The van der Waals surface area contributed by atoms with Gasteiger partial charge in [-0.3, -0.25) is 10.1 Å². The lowest BCUT2D eigenvalue weighted by Gasteiger charge is -2.34. The number of hydrogen-bond acceptors (Lipinski definition) is 5. The first kappa shape index (κ1) is 13.5. The number of rotatable bonds is 4. The Labute approximate surface area is 110 Å². The van der Waals surface area contributed by atoms with Crippen LogP contribution in [0.5, 0.6) is 0 Å². The summed E-state index contributed by atoms with van der Waals surface area (Å²) in [6, 6.07) is 4.08. The van der Waals surface area contributed by atoms with Crippen LogP contribution >= 0.6 is 0 Å². The van der Waals surface area contributed by atoms with Gasteiger partial charge in [0.1, 0.15) is 5.69 Å². The Morgan fingerprint density at radius 3 is 2.58 bits per heavy atom. The van der Waals surface area contributed by atoms with Gasteiger partial charge in [0.05, 0.1) is 11.1 Å². The number of carbonyl (C=O) groups is 1. The van der Waals surface area contributed by atoms with Crippen molar-refractivity contribution in [2.45, 2.75) is 0 Å². The van der Waals surface area contributed by atoms with Gasteiger partial charge in [0.2, 0.25) is 5.82 Å². The van der Waals surface area contributed by atoms with Gasteiger partial charge >= 0.3 is 5.69 Å². The Bertz CT molecular complexity index is 492. The molecule has 1 aromatic carbocycles. The van der Waals surface area contributed by atoms with E-state index in [9.17, 15) is 19.3 Å². The maximum atomic E-state index is 13.5. The van der Waals surface area contributed by atoms with E-state index in [0.29, 0.717) is 32.4 Å². The molecule has 1 saturated heterocycles. The molecular formula is C11H12BFN3O3. The summed E-state index contributed by atoms with van der Waals surface area (Å²) in [7, 11) is 1.44. The van der Waals surface area contributed by atoms with Crippen molar-refractivity contribution >= 4 is 25.0 Å². The number of halogens is 1. The van der Waals surface area contributed by atoms with Crippen molar-refractivity contribution in [3.8, 4) is 0 Å². The molecule has 0 bridgehead atoms. The van der Waals surface area contributed by atoms with E-state index in [1.807, 2.05) is 4.81 Å². The summed E-state index contributed by atoms with van der Waals surface area (Å²) in [6.45, 7) is 2.17. The van der Waals surface area contributed by atoms with E-state index in [4.69, 9.17) is 0 Å². The van der Waals surface area contributed by atoms with Gasteiger partial charge in [-0.05, 0) is 12.1 Å². The highest BCUT2D eigenvalue weighted by atomic mass is 19.1. The zero-order chi connectivity index (χ0) is 13.8. The molecule has 99 valence electrons. The third-order valence-corrected chi connectivity index (χ3v) is 3.07. The predicted octanol–water partition coefficient (Wildman–Crippen LogP) is 0.665. The van der Waals surface area contributed by atoms with Crippen molar-refractivity contribution in [2.75, 3.05) is 31.1 Å². The van der Waals surface area contributed by atoms with Crippen LogP contribution in [-0.2, 0) is 4.79 Å². The number of hydrogen-bond donors (Lipinski definition) is 0. The fraction of sp³-hybridized carbons (Fsp3) is 0.364. The lowest BCUT2D eigenvalue weighted by Crippen LogP contribution is -2.48. The molecule has 0 amide bonds. The Hall–Kier alpha value is -1.96. The number of piperazine rings is 1.